The lowest BCUT2D eigenvalue weighted by atomic mass is 10.1. The molecule has 0 saturated carbocycles. The topological polar surface area (TPSA) is 30.5 Å². The van der Waals surface area contributed by atoms with Crippen molar-refractivity contribution in [3.63, 3.8) is 0 Å². The van der Waals surface area contributed by atoms with Crippen LogP contribution in [0, 0.1) is 0 Å². The number of methoxy groups -OCH3 is 1. The lowest BCUT2D eigenvalue weighted by molar-refractivity contribution is 0.302. The number of hydrogen-bond acceptors (Lipinski definition) is 3. The molecule has 3 aromatic carbocycles. The molecular weight excluding hydrogens is 358 g/mol. The molecular formula is C23H24ClNO2. The second kappa shape index (κ2) is 10.0. The Balaban J connectivity index is 1.53. The SMILES string of the molecule is COc1ccccc1CCNCc1ccccc1OCc1cccc(Cl)c1. The summed E-state index contributed by atoms with van der Waals surface area (Å²) < 4.78 is 11.4. The zero-order chi connectivity index (χ0) is 18.9. The fourth-order valence-electron chi connectivity index (χ4n) is 2.93. The summed E-state index contributed by atoms with van der Waals surface area (Å²) in [7, 11) is 1.71. The van der Waals surface area contributed by atoms with Gasteiger partial charge in [0.2, 0.25) is 0 Å². The van der Waals surface area contributed by atoms with Crippen molar-refractivity contribution in [3.8, 4) is 11.5 Å². The van der Waals surface area contributed by atoms with E-state index in [1.54, 1.807) is 7.11 Å². The summed E-state index contributed by atoms with van der Waals surface area (Å²) in [4.78, 5) is 0. The van der Waals surface area contributed by atoms with E-state index in [-0.39, 0.29) is 0 Å². The summed E-state index contributed by atoms with van der Waals surface area (Å²) in [6.45, 7) is 2.11. The van der Waals surface area contributed by atoms with E-state index in [2.05, 4.69) is 17.4 Å². The van der Waals surface area contributed by atoms with Crippen molar-refractivity contribution in [1.29, 1.82) is 0 Å². The fraction of sp³-hybridized carbons (Fsp3) is 0.217. The molecule has 0 unspecified atom stereocenters. The van der Waals surface area contributed by atoms with Gasteiger partial charge in [0.1, 0.15) is 18.1 Å². The number of ether oxygens (including phenoxy) is 2. The number of benzene rings is 3. The Hall–Kier alpha value is -2.49. The van der Waals surface area contributed by atoms with Gasteiger partial charge in [-0.1, -0.05) is 60.1 Å². The maximum absolute atomic E-state index is 6.04. The average Bonchev–Trinajstić information content (AvgIpc) is 2.70. The van der Waals surface area contributed by atoms with E-state index in [0.717, 1.165) is 47.2 Å². The molecule has 0 atom stereocenters. The van der Waals surface area contributed by atoms with Gasteiger partial charge in [0.15, 0.2) is 0 Å². The second-order valence-electron chi connectivity index (χ2n) is 6.26. The van der Waals surface area contributed by atoms with Crippen LogP contribution in [0.1, 0.15) is 16.7 Å². The molecule has 0 aromatic heterocycles. The third-order valence-corrected chi connectivity index (χ3v) is 4.57. The Morgan fingerprint density at radius 1 is 0.852 bits per heavy atom. The van der Waals surface area contributed by atoms with Gasteiger partial charge in [-0.3, -0.25) is 0 Å². The molecule has 3 rings (SSSR count). The maximum Gasteiger partial charge on any atom is 0.124 e. The number of halogens is 1. The van der Waals surface area contributed by atoms with Crippen molar-refractivity contribution in [2.24, 2.45) is 0 Å². The number of nitrogens with one attached hydrogen (secondary N) is 1. The molecule has 0 amide bonds. The molecule has 0 radical (unpaired) electrons. The van der Waals surface area contributed by atoms with Crippen LogP contribution in [0.2, 0.25) is 5.02 Å². The van der Waals surface area contributed by atoms with E-state index in [0.29, 0.717) is 6.61 Å². The van der Waals surface area contributed by atoms with Gasteiger partial charge in [-0.15, -0.1) is 0 Å². The van der Waals surface area contributed by atoms with Gasteiger partial charge in [0, 0.05) is 17.1 Å². The molecule has 3 aromatic rings. The molecule has 0 fully saturated rings. The van der Waals surface area contributed by atoms with Crippen LogP contribution in [0.3, 0.4) is 0 Å². The van der Waals surface area contributed by atoms with Crippen LogP contribution < -0.4 is 14.8 Å². The second-order valence-corrected chi connectivity index (χ2v) is 6.70. The van der Waals surface area contributed by atoms with E-state index in [9.17, 15) is 0 Å². The first-order valence-electron chi connectivity index (χ1n) is 9.04. The predicted octanol–water partition coefficient (Wildman–Crippen LogP) is 5.26. The van der Waals surface area contributed by atoms with Crippen LogP contribution in [0.5, 0.6) is 11.5 Å². The van der Waals surface area contributed by atoms with Crippen molar-refractivity contribution in [1.82, 2.24) is 5.32 Å². The Morgan fingerprint density at radius 2 is 1.59 bits per heavy atom. The first-order chi connectivity index (χ1) is 13.3. The fourth-order valence-corrected chi connectivity index (χ4v) is 3.15. The highest BCUT2D eigenvalue weighted by Gasteiger charge is 2.05. The zero-order valence-corrected chi connectivity index (χ0v) is 16.2. The summed E-state index contributed by atoms with van der Waals surface area (Å²) in [5.41, 5.74) is 3.40. The highest BCUT2D eigenvalue weighted by molar-refractivity contribution is 6.30. The molecule has 0 saturated heterocycles. The molecule has 0 heterocycles. The summed E-state index contributed by atoms with van der Waals surface area (Å²) in [5, 5.41) is 4.22. The van der Waals surface area contributed by atoms with E-state index < -0.39 is 0 Å². The first kappa shape index (κ1) is 19.3. The number of hydrogen-bond donors (Lipinski definition) is 1. The Kier molecular flexibility index (Phi) is 7.14. The van der Waals surface area contributed by atoms with Crippen molar-refractivity contribution in [2.45, 2.75) is 19.6 Å². The first-order valence-corrected chi connectivity index (χ1v) is 9.42. The van der Waals surface area contributed by atoms with Crippen molar-refractivity contribution < 1.29 is 9.47 Å². The van der Waals surface area contributed by atoms with Gasteiger partial charge in [0.25, 0.3) is 0 Å². The highest BCUT2D eigenvalue weighted by Crippen LogP contribution is 2.21. The minimum Gasteiger partial charge on any atom is -0.496 e. The van der Waals surface area contributed by atoms with Crippen LogP contribution in [0.15, 0.2) is 72.8 Å². The third-order valence-electron chi connectivity index (χ3n) is 4.34. The average molecular weight is 382 g/mol. The minimum atomic E-state index is 0.499. The van der Waals surface area contributed by atoms with Crippen LogP contribution in [-0.4, -0.2) is 13.7 Å². The largest absolute Gasteiger partial charge is 0.496 e. The van der Waals surface area contributed by atoms with Gasteiger partial charge < -0.3 is 14.8 Å². The van der Waals surface area contributed by atoms with E-state index in [1.165, 1.54) is 5.56 Å². The Labute approximate surface area is 165 Å². The molecule has 27 heavy (non-hydrogen) atoms. The van der Waals surface area contributed by atoms with E-state index in [4.69, 9.17) is 21.1 Å². The normalized spacial score (nSPS) is 10.6. The third kappa shape index (κ3) is 5.75. The number of rotatable bonds is 9. The molecule has 1 N–H and O–H groups in total. The minimum absolute atomic E-state index is 0.499. The lowest BCUT2D eigenvalue weighted by Crippen LogP contribution is -2.17. The van der Waals surface area contributed by atoms with E-state index in [1.807, 2.05) is 60.7 Å². The highest BCUT2D eigenvalue weighted by atomic mass is 35.5. The molecule has 0 aliphatic rings. The van der Waals surface area contributed by atoms with Crippen LogP contribution in [0.25, 0.3) is 0 Å². The monoisotopic (exact) mass is 381 g/mol. The van der Waals surface area contributed by atoms with Crippen molar-refractivity contribution in [3.05, 3.63) is 94.5 Å². The summed E-state index contributed by atoms with van der Waals surface area (Å²) in [5.74, 6) is 1.83. The van der Waals surface area contributed by atoms with Crippen molar-refractivity contribution >= 4 is 11.6 Å². The molecule has 0 spiro atoms. The van der Waals surface area contributed by atoms with Crippen LogP contribution in [-0.2, 0) is 19.6 Å². The van der Waals surface area contributed by atoms with Gasteiger partial charge >= 0.3 is 0 Å². The zero-order valence-electron chi connectivity index (χ0n) is 15.5. The smallest absolute Gasteiger partial charge is 0.124 e. The molecule has 4 heteroatoms. The van der Waals surface area contributed by atoms with Gasteiger partial charge in [-0.05, 0) is 48.4 Å². The maximum atomic E-state index is 6.04. The standard InChI is InChI=1S/C23H24ClNO2/c1-26-22-11-4-2-8-19(22)13-14-25-16-20-9-3-5-12-23(20)27-17-18-7-6-10-21(24)15-18/h2-12,15,25H,13-14,16-17H2,1H3. The molecule has 3 nitrogen and oxygen atoms in total. The van der Waals surface area contributed by atoms with Crippen LogP contribution in [0.4, 0.5) is 0 Å². The predicted molar refractivity (Wildman–Crippen MR) is 111 cm³/mol. The van der Waals surface area contributed by atoms with Gasteiger partial charge in [-0.25, -0.2) is 0 Å². The lowest BCUT2D eigenvalue weighted by Gasteiger charge is -2.13. The quantitative estimate of drug-likeness (QED) is 0.513. The summed E-state index contributed by atoms with van der Waals surface area (Å²) in [6.07, 6.45) is 0.912. The van der Waals surface area contributed by atoms with Gasteiger partial charge in [-0.2, -0.15) is 0 Å². The Morgan fingerprint density at radius 3 is 2.37 bits per heavy atom. The van der Waals surface area contributed by atoms with Crippen LogP contribution >= 0.6 is 11.6 Å². The molecule has 0 bridgehead atoms. The summed E-state index contributed by atoms with van der Waals surface area (Å²) in [6, 6.07) is 24.0. The van der Waals surface area contributed by atoms with Gasteiger partial charge in [0.05, 0.1) is 7.11 Å². The molecule has 140 valence electrons. The van der Waals surface area contributed by atoms with E-state index >= 15 is 0 Å². The van der Waals surface area contributed by atoms with Crippen molar-refractivity contribution in [2.75, 3.05) is 13.7 Å². The number of para-hydroxylation sites is 2. The summed E-state index contributed by atoms with van der Waals surface area (Å²) >= 11 is 6.04. The molecule has 0 aliphatic carbocycles. The Bertz CT molecular complexity index is 866. The molecule has 0 aliphatic heterocycles.